The summed E-state index contributed by atoms with van der Waals surface area (Å²) in [4.78, 5) is 26.5. The Kier molecular flexibility index (Phi) is 5.33. The summed E-state index contributed by atoms with van der Waals surface area (Å²) >= 11 is 0. The van der Waals surface area contributed by atoms with Gasteiger partial charge in [-0.1, -0.05) is 30.3 Å². The van der Waals surface area contributed by atoms with E-state index in [4.69, 9.17) is 4.74 Å². The summed E-state index contributed by atoms with van der Waals surface area (Å²) in [6.07, 6.45) is 2.14. The van der Waals surface area contributed by atoms with Crippen LogP contribution in [0, 0.1) is 0 Å². The van der Waals surface area contributed by atoms with Gasteiger partial charge in [0.2, 0.25) is 5.91 Å². The van der Waals surface area contributed by atoms with Crippen LogP contribution in [0.2, 0.25) is 0 Å². The number of amides is 2. The Hall–Kier alpha value is -2.82. The molecule has 0 aliphatic carbocycles. The van der Waals surface area contributed by atoms with Gasteiger partial charge in [0, 0.05) is 25.1 Å². The summed E-state index contributed by atoms with van der Waals surface area (Å²) in [7, 11) is 1.62. The van der Waals surface area contributed by atoms with E-state index in [2.05, 4.69) is 5.32 Å². The van der Waals surface area contributed by atoms with Crippen molar-refractivity contribution in [2.24, 2.45) is 0 Å². The summed E-state index contributed by atoms with van der Waals surface area (Å²) < 4.78 is 5.43. The Morgan fingerprint density at radius 3 is 2.68 bits per heavy atom. The number of nitrogens with one attached hydrogen (secondary N) is 1. The van der Waals surface area contributed by atoms with Gasteiger partial charge in [-0.25, -0.2) is 0 Å². The van der Waals surface area contributed by atoms with E-state index in [0.29, 0.717) is 18.7 Å². The van der Waals surface area contributed by atoms with Gasteiger partial charge in [-0.3, -0.25) is 9.59 Å². The lowest BCUT2D eigenvalue weighted by molar-refractivity contribution is -0.118. The van der Waals surface area contributed by atoms with Gasteiger partial charge in [-0.2, -0.15) is 0 Å². The van der Waals surface area contributed by atoms with Crippen molar-refractivity contribution in [3.8, 4) is 5.75 Å². The van der Waals surface area contributed by atoms with Crippen molar-refractivity contribution in [1.82, 2.24) is 5.32 Å². The van der Waals surface area contributed by atoms with Gasteiger partial charge in [-0.05, 0) is 36.6 Å². The third-order valence-corrected chi connectivity index (χ3v) is 4.36. The van der Waals surface area contributed by atoms with E-state index >= 15 is 0 Å². The van der Waals surface area contributed by atoms with Crippen LogP contribution < -0.4 is 15.0 Å². The topological polar surface area (TPSA) is 58.6 Å². The first kappa shape index (κ1) is 17.0. The summed E-state index contributed by atoms with van der Waals surface area (Å²) in [5.41, 5.74) is 2.60. The van der Waals surface area contributed by atoms with Crippen LogP contribution in [0.5, 0.6) is 5.75 Å². The second-order valence-electron chi connectivity index (χ2n) is 5.99. The van der Waals surface area contributed by atoms with Crippen LogP contribution in [-0.4, -0.2) is 32.0 Å². The minimum Gasteiger partial charge on any atom is -0.495 e. The fourth-order valence-corrected chi connectivity index (χ4v) is 3.14. The third-order valence-electron chi connectivity index (χ3n) is 4.36. The van der Waals surface area contributed by atoms with E-state index in [9.17, 15) is 9.59 Å². The lowest BCUT2D eigenvalue weighted by Gasteiger charge is -2.31. The molecule has 0 spiro atoms. The van der Waals surface area contributed by atoms with E-state index in [1.54, 1.807) is 24.1 Å². The van der Waals surface area contributed by atoms with Crippen LogP contribution >= 0.6 is 0 Å². The molecule has 2 aromatic rings. The molecule has 3 rings (SSSR count). The number of hydrogen-bond acceptors (Lipinski definition) is 3. The molecule has 2 amide bonds. The van der Waals surface area contributed by atoms with E-state index in [1.165, 1.54) is 0 Å². The maximum atomic E-state index is 12.7. The van der Waals surface area contributed by atoms with Gasteiger partial charge in [0.1, 0.15) is 5.75 Å². The zero-order valence-electron chi connectivity index (χ0n) is 14.3. The SMILES string of the molecule is COc1cccc2c1N(C(=O)CCNC(=O)c1ccccc1)CCC2. The average Bonchev–Trinajstić information content (AvgIpc) is 2.67. The third kappa shape index (κ3) is 3.82. The van der Waals surface area contributed by atoms with Crippen molar-refractivity contribution in [1.29, 1.82) is 0 Å². The summed E-state index contributed by atoms with van der Waals surface area (Å²) in [6.45, 7) is 0.992. The number of fused-ring (bicyclic) bond motifs is 1. The van der Waals surface area contributed by atoms with Crippen molar-refractivity contribution in [3.05, 3.63) is 59.7 Å². The van der Waals surface area contributed by atoms with Gasteiger partial charge in [0.15, 0.2) is 0 Å². The lowest BCUT2D eigenvalue weighted by atomic mass is 10.0. The summed E-state index contributed by atoms with van der Waals surface area (Å²) in [5.74, 6) is 0.558. The molecule has 1 aliphatic heterocycles. The first-order valence-corrected chi connectivity index (χ1v) is 8.50. The summed E-state index contributed by atoms with van der Waals surface area (Å²) in [6, 6.07) is 14.9. The molecule has 0 saturated carbocycles. The number of para-hydroxylation sites is 1. The fraction of sp³-hybridized carbons (Fsp3) is 0.300. The average molecular weight is 338 g/mol. The van der Waals surface area contributed by atoms with Gasteiger partial charge in [0.05, 0.1) is 12.8 Å². The monoisotopic (exact) mass is 338 g/mol. The Labute approximate surface area is 147 Å². The van der Waals surface area contributed by atoms with E-state index in [0.717, 1.165) is 29.8 Å². The van der Waals surface area contributed by atoms with Crippen molar-refractivity contribution in [2.45, 2.75) is 19.3 Å². The molecular formula is C20H22N2O3. The number of hydrogen-bond donors (Lipinski definition) is 1. The van der Waals surface area contributed by atoms with Crippen molar-refractivity contribution in [3.63, 3.8) is 0 Å². The highest BCUT2D eigenvalue weighted by Gasteiger charge is 2.25. The molecule has 130 valence electrons. The number of methoxy groups -OCH3 is 1. The highest BCUT2D eigenvalue weighted by Crippen LogP contribution is 2.36. The van der Waals surface area contributed by atoms with Crippen molar-refractivity contribution >= 4 is 17.5 Å². The normalized spacial score (nSPS) is 13.1. The second kappa shape index (κ2) is 7.83. The van der Waals surface area contributed by atoms with Crippen LogP contribution in [0.4, 0.5) is 5.69 Å². The molecule has 0 fully saturated rings. The van der Waals surface area contributed by atoms with Gasteiger partial charge in [0.25, 0.3) is 5.91 Å². The summed E-state index contributed by atoms with van der Waals surface area (Å²) in [5, 5.41) is 2.80. The number of nitrogens with zero attached hydrogens (tertiary/aromatic N) is 1. The Bertz CT molecular complexity index is 745. The number of carbonyl (C=O) groups is 2. The largest absolute Gasteiger partial charge is 0.495 e. The Balaban J connectivity index is 1.62. The quantitative estimate of drug-likeness (QED) is 0.912. The molecule has 0 bridgehead atoms. The van der Waals surface area contributed by atoms with Crippen molar-refractivity contribution < 1.29 is 14.3 Å². The first-order chi connectivity index (χ1) is 12.2. The predicted octanol–water partition coefficient (Wildman–Crippen LogP) is 2.79. The first-order valence-electron chi connectivity index (χ1n) is 8.50. The van der Waals surface area contributed by atoms with Crippen LogP contribution in [0.3, 0.4) is 0 Å². The van der Waals surface area contributed by atoms with E-state index in [-0.39, 0.29) is 18.2 Å². The molecule has 0 saturated heterocycles. The van der Waals surface area contributed by atoms with Gasteiger partial charge in [-0.15, -0.1) is 0 Å². The van der Waals surface area contributed by atoms with Crippen LogP contribution in [0.15, 0.2) is 48.5 Å². The number of carbonyl (C=O) groups excluding carboxylic acids is 2. The molecule has 0 unspecified atom stereocenters. The van der Waals surface area contributed by atoms with Gasteiger partial charge >= 0.3 is 0 Å². The smallest absolute Gasteiger partial charge is 0.251 e. The fourth-order valence-electron chi connectivity index (χ4n) is 3.14. The molecule has 5 nitrogen and oxygen atoms in total. The Morgan fingerprint density at radius 2 is 1.92 bits per heavy atom. The van der Waals surface area contributed by atoms with Crippen molar-refractivity contribution in [2.75, 3.05) is 25.1 Å². The zero-order valence-corrected chi connectivity index (χ0v) is 14.3. The van der Waals surface area contributed by atoms with Crippen LogP contribution in [-0.2, 0) is 11.2 Å². The molecule has 5 heteroatoms. The maximum absolute atomic E-state index is 12.7. The number of rotatable bonds is 5. The second-order valence-corrected chi connectivity index (χ2v) is 5.99. The minimum absolute atomic E-state index is 0.00110. The van der Waals surface area contributed by atoms with Crippen LogP contribution in [0.1, 0.15) is 28.8 Å². The molecule has 1 N–H and O–H groups in total. The highest BCUT2D eigenvalue weighted by atomic mass is 16.5. The number of ether oxygens (including phenoxy) is 1. The molecule has 1 aliphatic rings. The molecule has 0 radical (unpaired) electrons. The van der Waals surface area contributed by atoms with Gasteiger partial charge < -0.3 is 15.0 Å². The lowest BCUT2D eigenvalue weighted by Crippen LogP contribution is -2.38. The maximum Gasteiger partial charge on any atom is 0.251 e. The molecule has 2 aromatic carbocycles. The van der Waals surface area contributed by atoms with E-state index in [1.807, 2.05) is 36.4 Å². The van der Waals surface area contributed by atoms with Crippen LogP contribution in [0.25, 0.3) is 0 Å². The number of benzene rings is 2. The molecule has 0 atom stereocenters. The molecule has 0 aromatic heterocycles. The highest BCUT2D eigenvalue weighted by molar-refractivity contribution is 5.97. The minimum atomic E-state index is -0.162. The zero-order chi connectivity index (χ0) is 17.6. The molecular weight excluding hydrogens is 316 g/mol. The number of aryl methyl sites for hydroxylation is 1. The number of anilines is 1. The Morgan fingerprint density at radius 1 is 1.12 bits per heavy atom. The molecule has 25 heavy (non-hydrogen) atoms. The standard InChI is InChI=1S/C20H22N2O3/c1-25-17-11-5-9-15-10-6-14-22(19(15)17)18(23)12-13-21-20(24)16-7-3-2-4-8-16/h2-5,7-9,11H,6,10,12-14H2,1H3,(H,21,24). The van der Waals surface area contributed by atoms with E-state index < -0.39 is 0 Å². The predicted molar refractivity (Wildman–Crippen MR) is 97.1 cm³/mol. The molecule has 1 heterocycles.